The van der Waals surface area contributed by atoms with Crippen LogP contribution in [-0.2, 0) is 0 Å². The number of rotatable bonds is 5. The van der Waals surface area contributed by atoms with E-state index in [9.17, 15) is 14.3 Å². The van der Waals surface area contributed by atoms with Gasteiger partial charge in [0.15, 0.2) is 16.1 Å². The molecule has 0 aromatic carbocycles. The lowest BCUT2D eigenvalue weighted by Crippen LogP contribution is -2.63. The fraction of sp³-hybridized carbons (Fsp3) is 0.500. The average molecular weight is 531 g/mol. The van der Waals surface area contributed by atoms with Gasteiger partial charge in [0.2, 0.25) is 0 Å². The molecule has 2 fully saturated rings. The van der Waals surface area contributed by atoms with E-state index in [1.54, 1.807) is 4.90 Å². The molecule has 0 spiro atoms. The Morgan fingerprint density at radius 3 is 2.84 bits per heavy atom. The molecule has 11 heteroatoms. The number of fused-ring (bicyclic) bond motifs is 3. The molecule has 0 saturated carbocycles. The summed E-state index contributed by atoms with van der Waals surface area (Å²) in [7, 11) is 0. The second-order valence-corrected chi connectivity index (χ2v) is 10.1. The Bertz CT molecular complexity index is 1060. The van der Waals surface area contributed by atoms with Gasteiger partial charge in [0.05, 0.1) is 23.5 Å². The summed E-state index contributed by atoms with van der Waals surface area (Å²) < 4.78 is 15.3. The summed E-state index contributed by atoms with van der Waals surface area (Å²) >= 11 is 10.8. The zero-order valence-corrected chi connectivity index (χ0v) is 20.2. The minimum atomic E-state index is -0.913. The number of anilines is 1. The largest absolute Gasteiger partial charge is 0.465 e. The summed E-state index contributed by atoms with van der Waals surface area (Å²) in [4.78, 5) is 28.9. The first-order valence-corrected chi connectivity index (χ1v) is 12.2. The number of thioether (sulfide) groups is 1. The van der Waals surface area contributed by atoms with E-state index in [0.29, 0.717) is 27.5 Å². The van der Waals surface area contributed by atoms with Gasteiger partial charge in [0.25, 0.3) is 0 Å². The number of nitrogens with zero attached hydrogens (tertiary/aromatic N) is 5. The van der Waals surface area contributed by atoms with E-state index < -0.39 is 11.9 Å². The van der Waals surface area contributed by atoms with Gasteiger partial charge in [-0.3, -0.25) is 4.90 Å². The smallest absolute Gasteiger partial charge is 0.407 e. The molecule has 1 amide bonds. The average Bonchev–Trinajstić information content (AvgIpc) is 3.05. The van der Waals surface area contributed by atoms with E-state index >= 15 is 0 Å². The number of hydrogen-bond acceptors (Lipinski definition) is 6. The third-order valence-electron chi connectivity index (χ3n) is 6.05. The van der Waals surface area contributed by atoms with Crippen molar-refractivity contribution in [3.05, 3.63) is 28.2 Å². The Kier molecular flexibility index (Phi) is 6.33. The lowest BCUT2D eigenvalue weighted by molar-refractivity contribution is 0.0952. The van der Waals surface area contributed by atoms with Crippen LogP contribution in [-0.4, -0.2) is 61.5 Å². The first kappa shape index (κ1) is 22.5. The monoisotopic (exact) mass is 529 g/mol. The molecular weight excluding hydrogens is 509 g/mol. The third-order valence-corrected chi connectivity index (χ3v) is 7.60. The SMILES string of the molecule is C=CC(C)[C@H]1[C@@H]2CC[C@H](CN1c1nc(SCC)nc3c(F)c(Cl)nc(Br)c13)N2C(=O)O. The molecule has 4 heterocycles. The molecule has 4 atom stereocenters. The van der Waals surface area contributed by atoms with Crippen molar-refractivity contribution in [2.45, 2.75) is 50.0 Å². The first-order chi connectivity index (χ1) is 14.8. The van der Waals surface area contributed by atoms with E-state index in [1.165, 1.54) is 11.8 Å². The van der Waals surface area contributed by atoms with Crippen LogP contribution in [0.4, 0.5) is 15.0 Å². The van der Waals surface area contributed by atoms with Gasteiger partial charge in [0.1, 0.15) is 15.9 Å². The molecule has 2 aliphatic heterocycles. The Hall–Kier alpha value is -1.65. The maximum Gasteiger partial charge on any atom is 0.407 e. The predicted molar refractivity (Wildman–Crippen MR) is 124 cm³/mol. The number of amides is 1. The lowest BCUT2D eigenvalue weighted by atomic mass is 9.90. The van der Waals surface area contributed by atoms with Gasteiger partial charge >= 0.3 is 6.09 Å². The molecule has 1 unspecified atom stereocenters. The molecule has 166 valence electrons. The Morgan fingerprint density at radius 1 is 1.45 bits per heavy atom. The van der Waals surface area contributed by atoms with Gasteiger partial charge < -0.3 is 10.0 Å². The molecule has 2 aromatic heterocycles. The van der Waals surface area contributed by atoms with E-state index in [4.69, 9.17) is 16.6 Å². The minimum Gasteiger partial charge on any atom is -0.465 e. The number of carbonyl (C=O) groups is 1. The second-order valence-electron chi connectivity index (χ2n) is 7.72. The van der Waals surface area contributed by atoms with Crippen molar-refractivity contribution in [3.8, 4) is 0 Å². The zero-order chi connectivity index (χ0) is 22.4. The van der Waals surface area contributed by atoms with Crippen molar-refractivity contribution in [1.29, 1.82) is 0 Å². The van der Waals surface area contributed by atoms with Crippen LogP contribution in [0, 0.1) is 11.7 Å². The van der Waals surface area contributed by atoms with Crippen LogP contribution in [0.25, 0.3) is 10.9 Å². The summed E-state index contributed by atoms with van der Waals surface area (Å²) in [5, 5.41) is 10.4. The summed E-state index contributed by atoms with van der Waals surface area (Å²) in [5.74, 6) is 0.539. The van der Waals surface area contributed by atoms with Gasteiger partial charge in [-0.2, -0.15) is 0 Å². The van der Waals surface area contributed by atoms with Crippen LogP contribution in [0.2, 0.25) is 5.15 Å². The molecule has 0 aliphatic carbocycles. The number of piperazine rings is 1. The van der Waals surface area contributed by atoms with Crippen LogP contribution in [0.1, 0.15) is 26.7 Å². The van der Waals surface area contributed by atoms with Crippen molar-refractivity contribution < 1.29 is 14.3 Å². The zero-order valence-electron chi connectivity index (χ0n) is 17.1. The van der Waals surface area contributed by atoms with E-state index in [0.717, 1.165) is 18.6 Å². The number of carboxylic acid groups (broad SMARTS) is 1. The fourth-order valence-electron chi connectivity index (χ4n) is 4.75. The fourth-order valence-corrected chi connectivity index (χ4v) is 6.13. The third kappa shape index (κ3) is 3.76. The maximum absolute atomic E-state index is 15.0. The standard InChI is InChI=1S/C20H22BrClFN5O2S/c1-4-9(3)15-11-7-6-10(28(11)20(29)30)8-27(15)18-12-14(24-19(26-18)31-5-2)13(23)17(22)25-16(12)21/h4,9-11,15H,1,5-8H2,2-3H3,(H,29,30)/t9?,10-,11+,15+/m1/s1. The molecule has 2 aromatic rings. The van der Waals surface area contributed by atoms with Gasteiger partial charge in [0, 0.05) is 6.54 Å². The van der Waals surface area contributed by atoms with Crippen LogP contribution >= 0.6 is 39.3 Å². The van der Waals surface area contributed by atoms with Crippen molar-refractivity contribution in [2.24, 2.45) is 5.92 Å². The second kappa shape index (κ2) is 8.71. The van der Waals surface area contributed by atoms with Gasteiger partial charge in [-0.25, -0.2) is 24.1 Å². The van der Waals surface area contributed by atoms with Crippen LogP contribution in [0.5, 0.6) is 0 Å². The number of aromatic nitrogens is 3. The van der Waals surface area contributed by atoms with Crippen molar-refractivity contribution in [2.75, 3.05) is 17.2 Å². The van der Waals surface area contributed by atoms with Gasteiger partial charge in [-0.15, -0.1) is 6.58 Å². The number of hydrogen-bond donors (Lipinski definition) is 1. The normalized spacial score (nSPS) is 24.0. The summed E-state index contributed by atoms with van der Waals surface area (Å²) in [6.45, 7) is 8.37. The topological polar surface area (TPSA) is 82.5 Å². The molecule has 2 bridgehead atoms. The van der Waals surface area contributed by atoms with E-state index in [2.05, 4.69) is 37.4 Å². The van der Waals surface area contributed by atoms with E-state index in [-0.39, 0.29) is 34.7 Å². The van der Waals surface area contributed by atoms with Crippen molar-refractivity contribution in [1.82, 2.24) is 19.9 Å². The molecule has 31 heavy (non-hydrogen) atoms. The van der Waals surface area contributed by atoms with E-state index in [1.807, 2.05) is 19.9 Å². The van der Waals surface area contributed by atoms with Gasteiger partial charge in [-0.1, -0.05) is 43.3 Å². The van der Waals surface area contributed by atoms with Crippen LogP contribution in [0.15, 0.2) is 22.4 Å². The molecule has 2 saturated heterocycles. The van der Waals surface area contributed by atoms with Crippen molar-refractivity contribution in [3.63, 3.8) is 0 Å². The van der Waals surface area contributed by atoms with Crippen LogP contribution < -0.4 is 4.90 Å². The summed E-state index contributed by atoms with van der Waals surface area (Å²) in [6, 6.07) is -0.567. The highest BCUT2D eigenvalue weighted by molar-refractivity contribution is 9.10. The summed E-state index contributed by atoms with van der Waals surface area (Å²) in [5.41, 5.74) is 0.103. The molecule has 0 radical (unpaired) electrons. The highest BCUT2D eigenvalue weighted by Crippen LogP contribution is 2.43. The molecular formula is C20H22BrClFN5O2S. The number of pyridine rings is 1. The number of halogens is 3. The maximum atomic E-state index is 15.0. The Labute approximate surface area is 197 Å². The van der Waals surface area contributed by atoms with Gasteiger partial charge in [-0.05, 0) is 40.4 Å². The molecule has 2 aliphatic rings. The highest BCUT2D eigenvalue weighted by Gasteiger charge is 2.50. The molecule has 4 rings (SSSR count). The minimum absolute atomic E-state index is 0.0259. The molecule has 1 N–H and O–H groups in total. The quantitative estimate of drug-likeness (QED) is 0.246. The Balaban J connectivity index is 1.95. The lowest BCUT2D eigenvalue weighted by Gasteiger charge is -2.48. The summed E-state index contributed by atoms with van der Waals surface area (Å²) in [6.07, 6.45) is 2.44. The molecule has 7 nitrogen and oxygen atoms in total. The first-order valence-electron chi connectivity index (χ1n) is 10.0. The predicted octanol–water partition coefficient (Wildman–Crippen LogP) is 5.21. The van der Waals surface area contributed by atoms with Crippen molar-refractivity contribution >= 4 is 62.1 Å². The van der Waals surface area contributed by atoms with Crippen LogP contribution in [0.3, 0.4) is 0 Å². The highest BCUT2D eigenvalue weighted by atomic mass is 79.9. The Morgan fingerprint density at radius 2 is 2.19 bits per heavy atom.